The summed E-state index contributed by atoms with van der Waals surface area (Å²) in [7, 11) is 0. The maximum atomic E-state index is 2.59. The summed E-state index contributed by atoms with van der Waals surface area (Å²) in [4.78, 5) is 0. The zero-order chi connectivity index (χ0) is 7.19. The van der Waals surface area contributed by atoms with Crippen molar-refractivity contribution in [3.8, 4) is 0 Å². The van der Waals surface area contributed by atoms with Gasteiger partial charge in [0.25, 0.3) is 0 Å². The summed E-state index contributed by atoms with van der Waals surface area (Å²) in [5.41, 5.74) is 3.11. The van der Waals surface area contributed by atoms with Crippen LogP contribution in [0.2, 0.25) is 0 Å². The molecule has 0 unspecified atom stereocenters. The fourth-order valence-electron chi connectivity index (χ4n) is 1.36. The monoisotopic (exact) mass is 246 g/mol. The molecule has 0 nitrogen and oxygen atoms in total. The molecule has 2 aliphatic carbocycles. The zero-order valence-electron chi connectivity index (χ0n) is 6.15. The standard InChI is InChI=1S/C9H11I/c1-7-2-3-8(6-7)9(10)4-5-9/h3,6H,2,4-5H2,1H3. The van der Waals surface area contributed by atoms with Crippen LogP contribution in [-0.4, -0.2) is 3.42 Å². The minimum atomic E-state index is 0.565. The van der Waals surface area contributed by atoms with E-state index in [0.717, 1.165) is 0 Å². The lowest BCUT2D eigenvalue weighted by atomic mass is 10.2. The molecule has 1 saturated carbocycles. The molecule has 1 fully saturated rings. The highest BCUT2D eigenvalue weighted by Gasteiger charge is 2.42. The van der Waals surface area contributed by atoms with Gasteiger partial charge in [-0.2, -0.15) is 0 Å². The van der Waals surface area contributed by atoms with E-state index in [1.54, 1.807) is 5.57 Å². The highest BCUT2D eigenvalue weighted by molar-refractivity contribution is 14.1. The highest BCUT2D eigenvalue weighted by atomic mass is 127. The van der Waals surface area contributed by atoms with Gasteiger partial charge in [-0.05, 0) is 31.8 Å². The van der Waals surface area contributed by atoms with Crippen molar-refractivity contribution in [3.05, 3.63) is 23.3 Å². The van der Waals surface area contributed by atoms with Gasteiger partial charge in [0.2, 0.25) is 0 Å². The number of alkyl halides is 1. The van der Waals surface area contributed by atoms with Gasteiger partial charge in [-0.3, -0.25) is 0 Å². The Kier molecular flexibility index (Phi) is 1.44. The van der Waals surface area contributed by atoms with Crippen molar-refractivity contribution in [3.63, 3.8) is 0 Å². The van der Waals surface area contributed by atoms with Crippen molar-refractivity contribution in [2.24, 2.45) is 0 Å². The molecule has 0 N–H and O–H groups in total. The molecule has 0 amide bonds. The lowest BCUT2D eigenvalue weighted by molar-refractivity contribution is 1.17. The van der Waals surface area contributed by atoms with Crippen molar-refractivity contribution in [1.82, 2.24) is 0 Å². The Morgan fingerprint density at radius 1 is 1.50 bits per heavy atom. The van der Waals surface area contributed by atoms with Gasteiger partial charge in [0, 0.05) is 3.42 Å². The maximum Gasteiger partial charge on any atom is 0.0468 e. The first-order valence-electron chi connectivity index (χ1n) is 3.77. The first-order valence-corrected chi connectivity index (χ1v) is 4.85. The predicted octanol–water partition coefficient (Wildman–Crippen LogP) is 3.23. The Hall–Kier alpha value is 0.210. The molecule has 0 bridgehead atoms. The van der Waals surface area contributed by atoms with E-state index >= 15 is 0 Å². The molecule has 0 aromatic heterocycles. The normalized spacial score (nSPS) is 27.8. The second-order valence-electron chi connectivity index (χ2n) is 3.32. The molecule has 0 aromatic rings. The Morgan fingerprint density at radius 3 is 2.60 bits per heavy atom. The summed E-state index contributed by atoms with van der Waals surface area (Å²) in [6.45, 7) is 2.21. The second-order valence-corrected chi connectivity index (χ2v) is 5.38. The lowest BCUT2D eigenvalue weighted by Crippen LogP contribution is -1.96. The molecule has 0 radical (unpaired) electrons. The van der Waals surface area contributed by atoms with Gasteiger partial charge in [-0.1, -0.05) is 40.3 Å². The van der Waals surface area contributed by atoms with Gasteiger partial charge < -0.3 is 0 Å². The highest BCUT2D eigenvalue weighted by Crippen LogP contribution is 2.52. The molecule has 10 heavy (non-hydrogen) atoms. The lowest BCUT2D eigenvalue weighted by Gasteiger charge is -2.03. The first-order chi connectivity index (χ1) is 4.71. The van der Waals surface area contributed by atoms with Gasteiger partial charge >= 0.3 is 0 Å². The van der Waals surface area contributed by atoms with Crippen LogP contribution in [0.1, 0.15) is 26.2 Å². The second kappa shape index (κ2) is 2.10. The Balaban J connectivity index is 2.20. The van der Waals surface area contributed by atoms with Crippen LogP contribution in [0.4, 0.5) is 0 Å². The molecule has 2 aliphatic rings. The van der Waals surface area contributed by atoms with Crippen molar-refractivity contribution in [2.45, 2.75) is 29.6 Å². The molecule has 54 valence electrons. The quantitative estimate of drug-likeness (QED) is 0.492. The van der Waals surface area contributed by atoms with Crippen LogP contribution in [0.3, 0.4) is 0 Å². The van der Waals surface area contributed by atoms with E-state index in [1.165, 1.54) is 24.8 Å². The molecule has 0 aromatic carbocycles. The Morgan fingerprint density at radius 2 is 2.20 bits per heavy atom. The van der Waals surface area contributed by atoms with Gasteiger partial charge in [-0.25, -0.2) is 0 Å². The third-order valence-corrected chi connectivity index (χ3v) is 3.95. The van der Waals surface area contributed by atoms with Crippen LogP contribution in [0.15, 0.2) is 23.3 Å². The van der Waals surface area contributed by atoms with Crippen LogP contribution < -0.4 is 0 Å². The van der Waals surface area contributed by atoms with Crippen LogP contribution in [0.25, 0.3) is 0 Å². The Bertz CT molecular complexity index is 219. The van der Waals surface area contributed by atoms with E-state index < -0.39 is 0 Å². The number of rotatable bonds is 1. The van der Waals surface area contributed by atoms with Crippen molar-refractivity contribution >= 4 is 22.6 Å². The van der Waals surface area contributed by atoms with Crippen LogP contribution in [0, 0.1) is 0 Å². The van der Waals surface area contributed by atoms with E-state index in [-0.39, 0.29) is 0 Å². The van der Waals surface area contributed by atoms with Gasteiger partial charge in [0.15, 0.2) is 0 Å². The first kappa shape index (κ1) is 6.89. The average Bonchev–Trinajstić information content (AvgIpc) is 2.45. The van der Waals surface area contributed by atoms with E-state index in [4.69, 9.17) is 0 Å². The van der Waals surface area contributed by atoms with Crippen LogP contribution >= 0.6 is 22.6 Å². The minimum absolute atomic E-state index is 0.565. The van der Waals surface area contributed by atoms with E-state index in [0.29, 0.717) is 3.42 Å². The SMILES string of the molecule is CC1=CC(C2(I)CC2)=CC1. The van der Waals surface area contributed by atoms with Crippen molar-refractivity contribution in [1.29, 1.82) is 0 Å². The summed E-state index contributed by atoms with van der Waals surface area (Å²) in [6, 6.07) is 0. The van der Waals surface area contributed by atoms with E-state index in [9.17, 15) is 0 Å². The van der Waals surface area contributed by atoms with Gasteiger partial charge in [-0.15, -0.1) is 0 Å². The third-order valence-electron chi connectivity index (χ3n) is 2.25. The number of hydrogen-bond acceptors (Lipinski definition) is 0. The van der Waals surface area contributed by atoms with Crippen molar-refractivity contribution < 1.29 is 0 Å². The van der Waals surface area contributed by atoms with E-state index in [2.05, 4.69) is 41.7 Å². The van der Waals surface area contributed by atoms with Gasteiger partial charge in [0.05, 0.1) is 0 Å². The largest absolute Gasteiger partial charge is 0.0759 e. The summed E-state index contributed by atoms with van der Waals surface area (Å²) in [5, 5.41) is 0. The molecule has 2 rings (SSSR count). The number of halogens is 1. The smallest absolute Gasteiger partial charge is 0.0468 e. The zero-order valence-corrected chi connectivity index (χ0v) is 8.31. The molecule has 0 spiro atoms. The Labute approximate surface area is 75.5 Å². The minimum Gasteiger partial charge on any atom is -0.0759 e. The van der Waals surface area contributed by atoms with Crippen LogP contribution in [-0.2, 0) is 0 Å². The summed E-state index contributed by atoms with van der Waals surface area (Å²) in [6.07, 6.45) is 8.72. The summed E-state index contributed by atoms with van der Waals surface area (Å²) < 4.78 is 0.565. The fraction of sp³-hybridized carbons (Fsp3) is 0.556. The van der Waals surface area contributed by atoms with Crippen molar-refractivity contribution in [2.75, 3.05) is 0 Å². The topological polar surface area (TPSA) is 0 Å². The molecule has 0 aliphatic heterocycles. The molecule has 0 saturated heterocycles. The third kappa shape index (κ3) is 1.04. The molecular weight excluding hydrogens is 235 g/mol. The maximum absolute atomic E-state index is 2.59. The molecule has 1 heteroatoms. The summed E-state index contributed by atoms with van der Waals surface area (Å²) in [5.74, 6) is 0. The fourth-order valence-corrected chi connectivity index (χ4v) is 2.01. The molecule has 0 atom stereocenters. The van der Waals surface area contributed by atoms with E-state index in [1.807, 2.05) is 0 Å². The predicted molar refractivity (Wildman–Crippen MR) is 52.4 cm³/mol. The molecule has 0 heterocycles. The number of allylic oxidation sites excluding steroid dienone is 4. The van der Waals surface area contributed by atoms with Crippen LogP contribution in [0.5, 0.6) is 0 Å². The summed E-state index contributed by atoms with van der Waals surface area (Å²) >= 11 is 2.59. The molecular formula is C9H11I. The number of hydrogen-bond donors (Lipinski definition) is 0. The average molecular weight is 246 g/mol. The van der Waals surface area contributed by atoms with Gasteiger partial charge in [0.1, 0.15) is 0 Å².